The Morgan fingerprint density at radius 1 is 1.31 bits per heavy atom. The first-order valence-corrected chi connectivity index (χ1v) is 4.42. The minimum Gasteiger partial charge on any atom is -0.478 e. The number of aliphatic carboxylic acids is 1. The summed E-state index contributed by atoms with van der Waals surface area (Å²) >= 11 is 0. The molecule has 0 saturated carbocycles. The lowest BCUT2D eigenvalue weighted by atomic mass is 9.62. The van der Waals surface area contributed by atoms with E-state index < -0.39 is 5.97 Å². The van der Waals surface area contributed by atoms with E-state index in [-0.39, 0.29) is 10.8 Å². The van der Waals surface area contributed by atoms with Gasteiger partial charge in [0.1, 0.15) is 0 Å². The maximum Gasteiger partial charge on any atom is 0.332 e. The smallest absolute Gasteiger partial charge is 0.332 e. The molecule has 0 heterocycles. The van der Waals surface area contributed by atoms with Gasteiger partial charge in [0.05, 0.1) is 0 Å². The van der Waals surface area contributed by atoms with E-state index in [2.05, 4.69) is 19.9 Å². The first-order valence-electron chi connectivity index (χ1n) is 4.42. The lowest BCUT2D eigenvalue weighted by Gasteiger charge is -2.41. The monoisotopic (exact) mass is 180 g/mol. The van der Waals surface area contributed by atoms with E-state index in [0.29, 0.717) is 5.57 Å². The van der Waals surface area contributed by atoms with Crippen molar-refractivity contribution in [1.29, 1.82) is 0 Å². The van der Waals surface area contributed by atoms with E-state index in [4.69, 9.17) is 5.11 Å². The number of allylic oxidation sites excluding steroid dienone is 3. The number of hydrogen-bond donors (Lipinski definition) is 1. The van der Waals surface area contributed by atoms with E-state index in [0.717, 1.165) is 0 Å². The molecular weight excluding hydrogens is 164 g/mol. The summed E-state index contributed by atoms with van der Waals surface area (Å²) in [6, 6.07) is 0. The van der Waals surface area contributed by atoms with Crippen molar-refractivity contribution in [2.75, 3.05) is 0 Å². The fourth-order valence-corrected chi connectivity index (χ4v) is 1.49. The van der Waals surface area contributed by atoms with Crippen molar-refractivity contribution in [2.45, 2.75) is 27.7 Å². The summed E-state index contributed by atoms with van der Waals surface area (Å²) in [5, 5.41) is 9.00. The molecule has 0 atom stereocenters. The predicted octanol–water partition coefficient (Wildman–Crippen LogP) is 2.62. The topological polar surface area (TPSA) is 37.3 Å². The molecule has 0 unspecified atom stereocenters. The van der Waals surface area contributed by atoms with Gasteiger partial charge >= 0.3 is 5.97 Å². The molecule has 1 aliphatic carbocycles. The summed E-state index contributed by atoms with van der Waals surface area (Å²) < 4.78 is 0. The highest BCUT2D eigenvalue weighted by Gasteiger charge is 2.42. The lowest BCUT2D eigenvalue weighted by molar-refractivity contribution is -0.134. The highest BCUT2D eigenvalue weighted by Crippen LogP contribution is 2.47. The van der Waals surface area contributed by atoms with Gasteiger partial charge in [0.25, 0.3) is 0 Å². The van der Waals surface area contributed by atoms with Crippen LogP contribution in [0.3, 0.4) is 0 Å². The molecule has 2 heteroatoms. The summed E-state index contributed by atoms with van der Waals surface area (Å²) in [6.07, 6.45) is 5.57. The molecule has 1 aliphatic rings. The van der Waals surface area contributed by atoms with Gasteiger partial charge in [0, 0.05) is 11.0 Å². The van der Waals surface area contributed by atoms with Crippen LogP contribution in [0.5, 0.6) is 0 Å². The van der Waals surface area contributed by atoms with Crippen molar-refractivity contribution >= 4 is 5.97 Å². The molecule has 2 nitrogen and oxygen atoms in total. The summed E-state index contributed by atoms with van der Waals surface area (Å²) in [6.45, 7) is 8.05. The fraction of sp³-hybridized carbons (Fsp3) is 0.545. The number of carboxylic acid groups (broad SMARTS) is 1. The van der Waals surface area contributed by atoms with Crippen LogP contribution in [0.25, 0.3) is 0 Å². The van der Waals surface area contributed by atoms with Gasteiger partial charge in [-0.2, -0.15) is 0 Å². The average Bonchev–Trinajstić information content (AvgIpc) is 1.94. The van der Waals surface area contributed by atoms with Crippen LogP contribution in [-0.4, -0.2) is 11.1 Å². The van der Waals surface area contributed by atoms with Crippen LogP contribution in [0.15, 0.2) is 23.8 Å². The first-order chi connectivity index (χ1) is 5.79. The van der Waals surface area contributed by atoms with Crippen LogP contribution in [-0.2, 0) is 4.79 Å². The summed E-state index contributed by atoms with van der Waals surface area (Å²) in [4.78, 5) is 11.0. The van der Waals surface area contributed by atoms with Gasteiger partial charge in [0.15, 0.2) is 0 Å². The average molecular weight is 180 g/mol. The van der Waals surface area contributed by atoms with Crippen molar-refractivity contribution in [3.8, 4) is 0 Å². The number of carboxylic acids is 1. The molecule has 0 fully saturated rings. The van der Waals surface area contributed by atoms with Gasteiger partial charge in [-0.15, -0.1) is 0 Å². The minimum absolute atomic E-state index is 0.102. The third kappa shape index (κ3) is 1.41. The van der Waals surface area contributed by atoms with Crippen LogP contribution in [0.4, 0.5) is 0 Å². The Kier molecular flexibility index (Phi) is 2.10. The Hall–Kier alpha value is -1.05. The second-order valence-corrected chi connectivity index (χ2v) is 4.59. The quantitative estimate of drug-likeness (QED) is 0.673. The molecule has 0 saturated heterocycles. The Morgan fingerprint density at radius 2 is 1.85 bits per heavy atom. The standard InChI is InChI=1S/C11H16O2/c1-10(2)7-5-6-8(9(12)13)11(10,3)4/h5-7H,1-4H3,(H,12,13). The van der Waals surface area contributed by atoms with Gasteiger partial charge < -0.3 is 5.11 Å². The van der Waals surface area contributed by atoms with E-state index in [9.17, 15) is 4.79 Å². The SMILES string of the molecule is CC1(C)C=CC=C(C(=O)O)C1(C)C. The molecular formula is C11H16O2. The Balaban J connectivity index is 3.19. The van der Waals surface area contributed by atoms with Crippen LogP contribution < -0.4 is 0 Å². The molecule has 1 rings (SSSR count). The molecule has 0 aliphatic heterocycles. The van der Waals surface area contributed by atoms with E-state index >= 15 is 0 Å². The zero-order chi connectivity index (χ0) is 10.3. The highest BCUT2D eigenvalue weighted by molar-refractivity contribution is 5.89. The molecule has 0 aromatic carbocycles. The van der Waals surface area contributed by atoms with Gasteiger partial charge in [-0.25, -0.2) is 4.79 Å². The van der Waals surface area contributed by atoms with Crippen LogP contribution in [0.1, 0.15) is 27.7 Å². The highest BCUT2D eigenvalue weighted by atomic mass is 16.4. The van der Waals surface area contributed by atoms with Gasteiger partial charge in [-0.1, -0.05) is 45.9 Å². The summed E-state index contributed by atoms with van der Waals surface area (Å²) in [7, 11) is 0. The molecule has 0 aromatic heterocycles. The molecule has 72 valence electrons. The van der Waals surface area contributed by atoms with Gasteiger partial charge in [0.2, 0.25) is 0 Å². The normalized spacial score (nSPS) is 23.8. The summed E-state index contributed by atoms with van der Waals surface area (Å²) in [5.74, 6) is -0.817. The van der Waals surface area contributed by atoms with Crippen molar-refractivity contribution in [1.82, 2.24) is 0 Å². The molecule has 0 spiro atoms. The molecule has 0 amide bonds. The zero-order valence-electron chi connectivity index (χ0n) is 8.59. The van der Waals surface area contributed by atoms with Gasteiger partial charge in [-0.05, 0) is 5.41 Å². The Labute approximate surface area is 79.0 Å². The van der Waals surface area contributed by atoms with E-state index in [1.807, 2.05) is 19.9 Å². The molecule has 0 bridgehead atoms. The van der Waals surface area contributed by atoms with Crippen molar-refractivity contribution in [3.63, 3.8) is 0 Å². The van der Waals surface area contributed by atoms with Crippen LogP contribution in [0, 0.1) is 10.8 Å². The number of carbonyl (C=O) groups is 1. The van der Waals surface area contributed by atoms with E-state index in [1.54, 1.807) is 6.08 Å². The largest absolute Gasteiger partial charge is 0.478 e. The Bertz CT molecular complexity index is 293. The zero-order valence-corrected chi connectivity index (χ0v) is 8.59. The maximum absolute atomic E-state index is 11.0. The molecule has 0 aromatic rings. The maximum atomic E-state index is 11.0. The van der Waals surface area contributed by atoms with Crippen LogP contribution >= 0.6 is 0 Å². The third-order valence-corrected chi connectivity index (χ3v) is 3.29. The molecule has 1 N–H and O–H groups in total. The third-order valence-electron chi connectivity index (χ3n) is 3.29. The summed E-state index contributed by atoms with van der Waals surface area (Å²) in [5.41, 5.74) is 0.0725. The lowest BCUT2D eigenvalue weighted by Crippen LogP contribution is -2.37. The fourth-order valence-electron chi connectivity index (χ4n) is 1.49. The first kappa shape index (κ1) is 10.0. The second-order valence-electron chi connectivity index (χ2n) is 4.59. The van der Waals surface area contributed by atoms with Crippen molar-refractivity contribution in [3.05, 3.63) is 23.8 Å². The number of rotatable bonds is 1. The van der Waals surface area contributed by atoms with Crippen LogP contribution in [0.2, 0.25) is 0 Å². The van der Waals surface area contributed by atoms with Gasteiger partial charge in [-0.3, -0.25) is 0 Å². The van der Waals surface area contributed by atoms with Crippen molar-refractivity contribution in [2.24, 2.45) is 10.8 Å². The molecule has 0 radical (unpaired) electrons. The minimum atomic E-state index is -0.817. The number of hydrogen-bond acceptors (Lipinski definition) is 1. The van der Waals surface area contributed by atoms with Crippen molar-refractivity contribution < 1.29 is 9.90 Å². The second kappa shape index (κ2) is 2.72. The predicted molar refractivity (Wildman–Crippen MR) is 52.4 cm³/mol. The Morgan fingerprint density at radius 3 is 2.23 bits per heavy atom. The van der Waals surface area contributed by atoms with E-state index in [1.165, 1.54) is 0 Å². The molecule has 13 heavy (non-hydrogen) atoms.